The smallest absolute Gasteiger partial charge is 0.419 e. The second kappa shape index (κ2) is 5.43. The third kappa shape index (κ3) is 4.23. The third-order valence-corrected chi connectivity index (χ3v) is 2.05. The van der Waals surface area contributed by atoms with E-state index in [-0.39, 0.29) is 5.75 Å². The zero-order valence-corrected chi connectivity index (χ0v) is 8.99. The number of benzene rings is 1. The SMILES string of the molecule is CC[C@@H](OC#N)c1ccc(OC(F)(F)F)cc1. The normalized spacial score (nSPS) is 12.6. The summed E-state index contributed by atoms with van der Waals surface area (Å²) < 4.78 is 44.2. The van der Waals surface area contributed by atoms with Gasteiger partial charge in [-0.1, -0.05) is 19.1 Å². The molecular weight excluding hydrogens is 235 g/mol. The van der Waals surface area contributed by atoms with Gasteiger partial charge >= 0.3 is 6.36 Å². The highest BCUT2D eigenvalue weighted by Gasteiger charge is 2.31. The largest absolute Gasteiger partial charge is 0.573 e. The lowest BCUT2D eigenvalue weighted by atomic mass is 10.1. The maximum atomic E-state index is 11.9. The Morgan fingerprint density at radius 3 is 2.29 bits per heavy atom. The molecule has 1 aromatic carbocycles. The van der Waals surface area contributed by atoms with Crippen LogP contribution in [-0.2, 0) is 4.74 Å². The number of ether oxygens (including phenoxy) is 2. The van der Waals surface area contributed by atoms with Crippen molar-refractivity contribution in [1.29, 1.82) is 5.26 Å². The summed E-state index contributed by atoms with van der Waals surface area (Å²) >= 11 is 0. The predicted octanol–water partition coefficient (Wildman–Crippen LogP) is 3.53. The van der Waals surface area contributed by atoms with Crippen LogP contribution >= 0.6 is 0 Å². The van der Waals surface area contributed by atoms with Crippen LogP contribution in [0.25, 0.3) is 0 Å². The summed E-state index contributed by atoms with van der Waals surface area (Å²) in [6, 6.07) is 5.25. The summed E-state index contributed by atoms with van der Waals surface area (Å²) in [6.45, 7) is 1.81. The van der Waals surface area contributed by atoms with Crippen LogP contribution in [0.5, 0.6) is 5.75 Å². The van der Waals surface area contributed by atoms with Crippen LogP contribution in [0.3, 0.4) is 0 Å². The molecule has 1 atom stereocenters. The summed E-state index contributed by atoms with van der Waals surface area (Å²) in [5.74, 6) is -0.298. The first kappa shape index (κ1) is 13.2. The van der Waals surface area contributed by atoms with Gasteiger partial charge in [0.15, 0.2) is 0 Å². The molecule has 1 rings (SSSR count). The van der Waals surface area contributed by atoms with Crippen molar-refractivity contribution >= 4 is 0 Å². The number of hydrogen-bond donors (Lipinski definition) is 0. The first-order valence-corrected chi connectivity index (χ1v) is 4.86. The molecule has 3 nitrogen and oxygen atoms in total. The first-order valence-electron chi connectivity index (χ1n) is 4.86. The number of alkyl halides is 3. The highest BCUT2D eigenvalue weighted by molar-refractivity contribution is 5.28. The molecule has 0 radical (unpaired) electrons. The van der Waals surface area contributed by atoms with Gasteiger partial charge in [-0.2, -0.15) is 5.26 Å². The van der Waals surface area contributed by atoms with Crippen LogP contribution in [0.15, 0.2) is 24.3 Å². The van der Waals surface area contributed by atoms with E-state index in [0.717, 1.165) is 0 Å². The average Bonchev–Trinajstić information content (AvgIpc) is 2.25. The van der Waals surface area contributed by atoms with Gasteiger partial charge in [0.05, 0.1) is 0 Å². The minimum Gasteiger partial charge on any atom is -0.419 e. The second-order valence-electron chi connectivity index (χ2n) is 3.22. The van der Waals surface area contributed by atoms with Crippen LogP contribution in [0.2, 0.25) is 0 Å². The van der Waals surface area contributed by atoms with Gasteiger partial charge in [-0.3, -0.25) is 0 Å². The number of rotatable bonds is 4. The fourth-order valence-electron chi connectivity index (χ4n) is 1.33. The van der Waals surface area contributed by atoms with E-state index in [4.69, 9.17) is 10.00 Å². The van der Waals surface area contributed by atoms with E-state index in [2.05, 4.69) is 4.74 Å². The molecule has 0 aliphatic rings. The third-order valence-electron chi connectivity index (χ3n) is 2.05. The lowest BCUT2D eigenvalue weighted by molar-refractivity contribution is -0.274. The van der Waals surface area contributed by atoms with Crippen LogP contribution in [-0.4, -0.2) is 6.36 Å². The summed E-state index contributed by atoms with van der Waals surface area (Å²) in [4.78, 5) is 0. The summed E-state index contributed by atoms with van der Waals surface area (Å²) in [7, 11) is 0. The molecule has 17 heavy (non-hydrogen) atoms. The van der Waals surface area contributed by atoms with Crippen molar-refractivity contribution in [3.63, 3.8) is 0 Å². The number of nitrogens with zero attached hydrogens (tertiary/aromatic N) is 1. The van der Waals surface area contributed by atoms with Gasteiger partial charge in [0, 0.05) is 0 Å². The molecule has 0 N–H and O–H groups in total. The molecular formula is C11H10F3NO2. The van der Waals surface area contributed by atoms with Crippen molar-refractivity contribution in [3.8, 4) is 12.0 Å². The molecule has 92 valence electrons. The Kier molecular flexibility index (Phi) is 4.21. The van der Waals surface area contributed by atoms with E-state index in [1.165, 1.54) is 24.3 Å². The van der Waals surface area contributed by atoms with Crippen LogP contribution in [0.4, 0.5) is 13.2 Å². The highest BCUT2D eigenvalue weighted by atomic mass is 19.4. The van der Waals surface area contributed by atoms with Crippen molar-refractivity contribution < 1.29 is 22.6 Å². The fourth-order valence-corrected chi connectivity index (χ4v) is 1.33. The van der Waals surface area contributed by atoms with Crippen molar-refractivity contribution in [3.05, 3.63) is 29.8 Å². The Morgan fingerprint density at radius 1 is 1.29 bits per heavy atom. The van der Waals surface area contributed by atoms with E-state index in [0.29, 0.717) is 12.0 Å². The van der Waals surface area contributed by atoms with Crippen LogP contribution < -0.4 is 4.74 Å². The van der Waals surface area contributed by atoms with Gasteiger partial charge in [-0.15, -0.1) is 13.2 Å². The lowest BCUT2D eigenvalue weighted by Crippen LogP contribution is -2.17. The van der Waals surface area contributed by atoms with E-state index >= 15 is 0 Å². The monoisotopic (exact) mass is 245 g/mol. The van der Waals surface area contributed by atoms with Crippen molar-refractivity contribution in [2.24, 2.45) is 0 Å². The van der Waals surface area contributed by atoms with Crippen LogP contribution in [0.1, 0.15) is 25.0 Å². The molecule has 0 fully saturated rings. The average molecular weight is 245 g/mol. The zero-order valence-electron chi connectivity index (χ0n) is 8.99. The maximum absolute atomic E-state index is 11.9. The van der Waals surface area contributed by atoms with Crippen molar-refractivity contribution in [2.75, 3.05) is 0 Å². The molecule has 0 saturated heterocycles. The molecule has 0 saturated carbocycles. The van der Waals surface area contributed by atoms with Crippen LogP contribution in [0, 0.1) is 11.5 Å². The van der Waals surface area contributed by atoms with Gasteiger partial charge in [-0.05, 0) is 24.1 Å². The molecule has 6 heteroatoms. The summed E-state index contributed by atoms with van der Waals surface area (Å²) in [5, 5.41) is 8.39. The van der Waals surface area contributed by atoms with Gasteiger partial charge < -0.3 is 9.47 Å². The predicted molar refractivity (Wildman–Crippen MR) is 52.9 cm³/mol. The van der Waals surface area contributed by atoms with Gasteiger partial charge in [-0.25, -0.2) is 0 Å². The van der Waals surface area contributed by atoms with E-state index in [9.17, 15) is 13.2 Å². The standard InChI is InChI=1S/C11H10F3NO2/c1-2-10(16-7-15)8-3-5-9(6-4-8)17-11(12,13)14/h3-6,10H,2H2,1H3/t10-/m1/s1. The Bertz CT molecular complexity index is 395. The number of hydrogen-bond acceptors (Lipinski definition) is 3. The van der Waals surface area contributed by atoms with E-state index in [1.807, 2.05) is 6.92 Å². The van der Waals surface area contributed by atoms with E-state index < -0.39 is 12.5 Å². The highest BCUT2D eigenvalue weighted by Crippen LogP contribution is 2.26. The minimum absolute atomic E-state index is 0.298. The summed E-state index contributed by atoms with van der Waals surface area (Å²) in [5.41, 5.74) is 0.628. The quantitative estimate of drug-likeness (QED) is 0.762. The molecule has 1 aromatic rings. The van der Waals surface area contributed by atoms with Crippen molar-refractivity contribution in [1.82, 2.24) is 0 Å². The lowest BCUT2D eigenvalue weighted by Gasteiger charge is -2.13. The molecule has 0 heterocycles. The van der Waals surface area contributed by atoms with Crippen molar-refractivity contribution in [2.45, 2.75) is 25.8 Å². The Hall–Kier alpha value is -1.90. The fraction of sp³-hybridized carbons (Fsp3) is 0.364. The second-order valence-corrected chi connectivity index (χ2v) is 3.22. The summed E-state index contributed by atoms with van der Waals surface area (Å²) in [6.07, 6.45) is -3.04. The number of nitriles is 1. The van der Waals surface area contributed by atoms with Gasteiger partial charge in [0.2, 0.25) is 0 Å². The molecule has 0 aliphatic heterocycles. The molecule has 0 bridgehead atoms. The molecule has 0 spiro atoms. The van der Waals surface area contributed by atoms with Gasteiger partial charge in [0.1, 0.15) is 11.9 Å². The van der Waals surface area contributed by atoms with E-state index in [1.54, 1.807) is 6.26 Å². The molecule has 0 unspecified atom stereocenters. The van der Waals surface area contributed by atoms with Gasteiger partial charge in [0.25, 0.3) is 6.26 Å². The Balaban J connectivity index is 2.77. The Labute approximate surface area is 96.4 Å². The molecule has 0 amide bonds. The molecule has 0 aliphatic carbocycles. The topological polar surface area (TPSA) is 42.2 Å². The Morgan fingerprint density at radius 2 is 1.88 bits per heavy atom. The number of halogens is 3. The maximum Gasteiger partial charge on any atom is 0.573 e. The zero-order chi connectivity index (χ0) is 12.9. The minimum atomic E-state index is -4.70. The first-order chi connectivity index (χ1) is 7.96. The molecule has 0 aromatic heterocycles.